The number of likely N-dealkylation sites (tertiary alicyclic amines) is 1. The lowest BCUT2D eigenvalue weighted by Crippen LogP contribution is -2.65. The van der Waals surface area contributed by atoms with Crippen LogP contribution in [0.2, 0.25) is 0 Å². The number of rotatable bonds is 10. The van der Waals surface area contributed by atoms with Crippen molar-refractivity contribution in [2.75, 3.05) is 36.4 Å². The molecule has 1 atom stereocenters. The van der Waals surface area contributed by atoms with Gasteiger partial charge in [-0.1, -0.05) is 13.8 Å². The van der Waals surface area contributed by atoms with Crippen molar-refractivity contribution in [2.24, 2.45) is 17.3 Å². The Morgan fingerprint density at radius 1 is 1.04 bits per heavy atom. The van der Waals surface area contributed by atoms with E-state index in [0.717, 1.165) is 86.4 Å². The van der Waals surface area contributed by atoms with Gasteiger partial charge >= 0.3 is 0 Å². The summed E-state index contributed by atoms with van der Waals surface area (Å²) in [7, 11) is 0. The largest absolute Gasteiger partial charge is 0.434 e. The third-order valence-electron chi connectivity index (χ3n) is 11.0. The van der Waals surface area contributed by atoms with Gasteiger partial charge in [0.05, 0.1) is 11.1 Å². The summed E-state index contributed by atoms with van der Waals surface area (Å²) < 4.78 is 21.0. The summed E-state index contributed by atoms with van der Waals surface area (Å²) in [5.41, 5.74) is 3.34. The molecule has 5 aromatic rings. The number of H-pyrrole nitrogens is 1. The summed E-state index contributed by atoms with van der Waals surface area (Å²) in [5, 5.41) is 20.6. The van der Waals surface area contributed by atoms with Crippen LogP contribution in [0.25, 0.3) is 22.2 Å². The second-order valence-electron chi connectivity index (χ2n) is 14.8. The van der Waals surface area contributed by atoms with Crippen LogP contribution < -0.4 is 15.0 Å². The fraction of sp³-hybridized carbons (Fsp3) is 0.472. The van der Waals surface area contributed by atoms with Crippen molar-refractivity contribution >= 4 is 22.7 Å². The number of nitrogens with one attached hydrogen (secondary N) is 2. The molecule has 0 bridgehead atoms. The van der Waals surface area contributed by atoms with Gasteiger partial charge in [-0.25, -0.2) is 24.3 Å². The molecule has 6 heterocycles. The van der Waals surface area contributed by atoms with Crippen molar-refractivity contribution in [3.05, 3.63) is 66.9 Å². The number of ether oxygens (including phenoxy) is 1. The van der Waals surface area contributed by atoms with Crippen LogP contribution in [0, 0.1) is 23.1 Å². The maximum absolute atomic E-state index is 14.6. The molecule has 0 unspecified atom stereocenters. The Labute approximate surface area is 283 Å². The van der Waals surface area contributed by atoms with Crippen molar-refractivity contribution in [3.63, 3.8) is 0 Å². The lowest BCUT2D eigenvalue weighted by molar-refractivity contribution is -0.0656. The van der Waals surface area contributed by atoms with Gasteiger partial charge in [-0.3, -0.25) is 10.00 Å². The highest BCUT2D eigenvalue weighted by atomic mass is 19.1. The van der Waals surface area contributed by atoms with Crippen molar-refractivity contribution in [1.82, 2.24) is 45.2 Å². The molecule has 252 valence electrons. The molecule has 13 heteroatoms. The average Bonchev–Trinajstić information content (AvgIpc) is 3.70. The molecule has 0 radical (unpaired) electrons. The van der Waals surface area contributed by atoms with Crippen LogP contribution in [0.1, 0.15) is 57.6 Å². The molecule has 9 rings (SSSR count). The van der Waals surface area contributed by atoms with E-state index < -0.39 is 0 Å². The number of halogens is 1. The molecule has 12 nitrogen and oxygen atoms in total. The highest BCUT2D eigenvalue weighted by molar-refractivity contribution is 5.86. The number of nitrogens with zero attached hydrogens (tertiary/aromatic N) is 9. The second-order valence-corrected chi connectivity index (χ2v) is 14.8. The van der Waals surface area contributed by atoms with E-state index in [4.69, 9.17) is 4.74 Å². The van der Waals surface area contributed by atoms with E-state index in [-0.39, 0.29) is 11.2 Å². The first-order chi connectivity index (χ1) is 23.9. The van der Waals surface area contributed by atoms with Gasteiger partial charge in [-0.15, -0.1) is 10.2 Å². The van der Waals surface area contributed by atoms with Gasteiger partial charge in [-0.2, -0.15) is 5.10 Å². The van der Waals surface area contributed by atoms with Crippen molar-refractivity contribution in [1.29, 1.82) is 0 Å². The summed E-state index contributed by atoms with van der Waals surface area (Å²) in [5.74, 6) is 3.61. The van der Waals surface area contributed by atoms with E-state index in [2.05, 4.69) is 75.4 Å². The summed E-state index contributed by atoms with van der Waals surface area (Å²) in [6, 6.07) is 9.52. The van der Waals surface area contributed by atoms with Gasteiger partial charge in [0.25, 0.3) is 5.88 Å². The molecule has 4 fully saturated rings. The van der Waals surface area contributed by atoms with E-state index >= 15 is 0 Å². The van der Waals surface area contributed by atoms with Crippen molar-refractivity contribution in [2.45, 2.75) is 64.0 Å². The molecular weight excluding hydrogens is 621 g/mol. The lowest BCUT2D eigenvalue weighted by atomic mass is 9.68. The Morgan fingerprint density at radius 2 is 1.92 bits per heavy atom. The third-order valence-corrected chi connectivity index (χ3v) is 11.0. The topological polar surface area (TPSA) is 134 Å². The number of anilines is 2. The maximum atomic E-state index is 14.6. The van der Waals surface area contributed by atoms with Gasteiger partial charge in [-0.05, 0) is 74.3 Å². The summed E-state index contributed by atoms with van der Waals surface area (Å²) in [4.78, 5) is 22.8. The predicted octanol–water partition coefficient (Wildman–Crippen LogP) is 5.84. The predicted molar refractivity (Wildman–Crippen MR) is 183 cm³/mol. The molecule has 1 spiro atoms. The standard InChI is InChI=1S/C36H40FN11O/c1-21(2)31(23-12-25(13-23)43-33-26-4-3-10-39-32(26)44-45-33)48-17-36(18-48)9-11-47(16-36)34-35(46-42-20-41-34)49-29-8-7-24(37)14-27(29)28-15-38-19-40-30(28)22-5-6-22/h3-4,7-8,10,14-15,19-23,25,31H,5-6,9,11-13,16-18H2,1-2H3,(H2,39,43,44,45)/t23?,25?,31-/m1/s1. The first-order valence-electron chi connectivity index (χ1n) is 17.4. The zero-order valence-electron chi connectivity index (χ0n) is 27.8. The number of hydrogen-bond acceptors (Lipinski definition) is 11. The van der Waals surface area contributed by atoms with E-state index in [1.165, 1.54) is 18.5 Å². The van der Waals surface area contributed by atoms with Crippen molar-refractivity contribution in [3.8, 4) is 22.8 Å². The summed E-state index contributed by atoms with van der Waals surface area (Å²) in [6.45, 7) is 8.62. The molecule has 0 amide bonds. The van der Waals surface area contributed by atoms with Crippen LogP contribution in [0.3, 0.4) is 0 Å². The number of fused-ring (bicyclic) bond motifs is 1. The fourth-order valence-corrected chi connectivity index (χ4v) is 8.56. The van der Waals surface area contributed by atoms with Gasteiger partial charge in [0.2, 0.25) is 0 Å². The number of hydrogen-bond donors (Lipinski definition) is 2. The number of aromatic amines is 1. The lowest BCUT2D eigenvalue weighted by Gasteiger charge is -2.57. The number of aromatic nitrogens is 8. The Hall–Kier alpha value is -4.78. The first kappa shape index (κ1) is 30.3. The van der Waals surface area contributed by atoms with E-state index in [9.17, 15) is 4.39 Å². The zero-order valence-corrected chi connectivity index (χ0v) is 27.8. The molecule has 4 aromatic heterocycles. The molecule has 2 aliphatic carbocycles. The molecule has 2 N–H and O–H groups in total. The molecule has 1 aromatic carbocycles. The van der Waals surface area contributed by atoms with Gasteiger partial charge in [0.15, 0.2) is 17.3 Å². The minimum atomic E-state index is -0.348. The molecule has 2 aliphatic heterocycles. The Bertz CT molecular complexity index is 1980. The summed E-state index contributed by atoms with van der Waals surface area (Å²) in [6.07, 6.45) is 12.1. The van der Waals surface area contributed by atoms with E-state index in [1.807, 2.05) is 6.07 Å². The minimum Gasteiger partial charge on any atom is -0.434 e. The van der Waals surface area contributed by atoms with Crippen LogP contribution in [0.15, 0.2) is 55.4 Å². The molecule has 4 aliphatic rings. The third kappa shape index (κ3) is 5.63. The quantitative estimate of drug-likeness (QED) is 0.187. The van der Waals surface area contributed by atoms with Crippen LogP contribution in [0.5, 0.6) is 11.6 Å². The Morgan fingerprint density at radius 3 is 2.76 bits per heavy atom. The molecule has 2 saturated heterocycles. The van der Waals surface area contributed by atoms with Gasteiger partial charge < -0.3 is 15.0 Å². The van der Waals surface area contributed by atoms with Crippen LogP contribution in [0.4, 0.5) is 16.0 Å². The fourth-order valence-electron chi connectivity index (χ4n) is 8.56. The number of pyridine rings is 1. The van der Waals surface area contributed by atoms with E-state index in [0.29, 0.717) is 52.8 Å². The van der Waals surface area contributed by atoms with Gasteiger partial charge in [0.1, 0.15) is 24.2 Å². The van der Waals surface area contributed by atoms with Crippen molar-refractivity contribution < 1.29 is 9.13 Å². The molecular formula is C36H40FN11O. The Kier molecular flexibility index (Phi) is 7.40. The monoisotopic (exact) mass is 661 g/mol. The highest BCUT2D eigenvalue weighted by Crippen LogP contribution is 2.49. The molecule has 2 saturated carbocycles. The second kappa shape index (κ2) is 12.0. The summed E-state index contributed by atoms with van der Waals surface area (Å²) >= 11 is 0. The minimum absolute atomic E-state index is 0.208. The van der Waals surface area contributed by atoms with Crippen LogP contribution >= 0.6 is 0 Å². The maximum Gasteiger partial charge on any atom is 0.282 e. The highest BCUT2D eigenvalue weighted by Gasteiger charge is 2.53. The smallest absolute Gasteiger partial charge is 0.282 e. The first-order valence-corrected chi connectivity index (χ1v) is 17.4. The van der Waals surface area contributed by atoms with E-state index in [1.54, 1.807) is 24.8 Å². The average molecular weight is 662 g/mol. The van der Waals surface area contributed by atoms with Gasteiger partial charge in [0, 0.05) is 73.1 Å². The zero-order chi connectivity index (χ0) is 33.1. The van der Waals surface area contributed by atoms with Crippen LogP contribution in [-0.4, -0.2) is 83.5 Å². The van der Waals surface area contributed by atoms with Crippen LogP contribution in [-0.2, 0) is 0 Å². The Balaban J connectivity index is 0.867. The number of benzene rings is 1. The molecule has 49 heavy (non-hydrogen) atoms. The SMILES string of the molecule is CC(C)[C@H](C1CC(Nc2n[nH]c3ncccc23)C1)N1CC2(CCN(c3ncnnc3Oc3ccc(F)cc3-c3cncnc3C3CC3)C2)C1. The normalized spacial score (nSPS) is 22.3.